The second kappa shape index (κ2) is 7.36. The molecule has 0 unspecified atom stereocenters. The Morgan fingerprint density at radius 2 is 2.16 bits per heavy atom. The largest absolute Gasteiger partial charge is 0.397 e. The van der Waals surface area contributed by atoms with Crippen molar-refractivity contribution in [2.45, 2.75) is 20.3 Å². The minimum atomic E-state index is -0.0692. The lowest BCUT2D eigenvalue weighted by Crippen LogP contribution is -2.31. The summed E-state index contributed by atoms with van der Waals surface area (Å²) < 4.78 is 0. The van der Waals surface area contributed by atoms with Crippen LogP contribution in [0.15, 0.2) is 18.2 Å². The molecule has 0 aromatic heterocycles. The van der Waals surface area contributed by atoms with Gasteiger partial charge in [0, 0.05) is 5.02 Å². The number of amides is 1. The summed E-state index contributed by atoms with van der Waals surface area (Å²) in [5.74, 6) is 0.567. The zero-order valence-corrected chi connectivity index (χ0v) is 12.5. The van der Waals surface area contributed by atoms with Crippen LogP contribution in [0.25, 0.3) is 0 Å². The first kappa shape index (κ1) is 15.8. The van der Waals surface area contributed by atoms with E-state index in [2.05, 4.69) is 19.2 Å². The molecule has 0 radical (unpaired) electrons. The Hall–Kier alpha value is -1.26. The molecule has 0 saturated carbocycles. The Bertz CT molecular complexity index is 435. The van der Waals surface area contributed by atoms with Crippen LogP contribution in [0, 0.1) is 5.92 Å². The van der Waals surface area contributed by atoms with Crippen molar-refractivity contribution in [1.82, 2.24) is 4.90 Å². The minimum absolute atomic E-state index is 0.0692. The summed E-state index contributed by atoms with van der Waals surface area (Å²) in [6.45, 7) is 5.60. The van der Waals surface area contributed by atoms with Crippen molar-refractivity contribution in [3.63, 3.8) is 0 Å². The quantitative estimate of drug-likeness (QED) is 0.789. The van der Waals surface area contributed by atoms with E-state index < -0.39 is 0 Å². The third kappa shape index (κ3) is 5.94. The van der Waals surface area contributed by atoms with E-state index in [-0.39, 0.29) is 5.91 Å². The van der Waals surface area contributed by atoms with Crippen molar-refractivity contribution >= 4 is 28.9 Å². The van der Waals surface area contributed by atoms with Gasteiger partial charge in [-0.3, -0.25) is 9.69 Å². The van der Waals surface area contributed by atoms with Crippen LogP contribution in [-0.2, 0) is 4.79 Å². The van der Waals surface area contributed by atoms with Crippen LogP contribution >= 0.6 is 11.6 Å². The highest BCUT2D eigenvalue weighted by molar-refractivity contribution is 6.31. The average Bonchev–Trinajstić information content (AvgIpc) is 2.30. The first-order valence-corrected chi connectivity index (χ1v) is 6.79. The zero-order chi connectivity index (χ0) is 14.4. The Kier molecular flexibility index (Phi) is 6.12. The van der Waals surface area contributed by atoms with Crippen molar-refractivity contribution in [2.75, 3.05) is 31.2 Å². The monoisotopic (exact) mass is 283 g/mol. The number of hydrogen-bond acceptors (Lipinski definition) is 3. The first-order valence-electron chi connectivity index (χ1n) is 6.42. The smallest absolute Gasteiger partial charge is 0.238 e. The van der Waals surface area contributed by atoms with Crippen LogP contribution in [0.2, 0.25) is 5.02 Å². The van der Waals surface area contributed by atoms with Crippen LogP contribution in [0.4, 0.5) is 11.4 Å². The van der Waals surface area contributed by atoms with Gasteiger partial charge in [0.25, 0.3) is 0 Å². The number of carbonyl (C=O) groups excluding carboxylic acids is 1. The maximum Gasteiger partial charge on any atom is 0.238 e. The Morgan fingerprint density at radius 3 is 2.74 bits per heavy atom. The summed E-state index contributed by atoms with van der Waals surface area (Å²) in [5.41, 5.74) is 6.87. The van der Waals surface area contributed by atoms with Gasteiger partial charge in [0.2, 0.25) is 5.91 Å². The molecule has 0 bridgehead atoms. The van der Waals surface area contributed by atoms with Gasteiger partial charge in [-0.25, -0.2) is 0 Å². The normalized spacial score (nSPS) is 11.1. The van der Waals surface area contributed by atoms with E-state index in [1.807, 2.05) is 11.9 Å². The maximum atomic E-state index is 11.9. The first-order chi connectivity index (χ1) is 8.88. The SMILES string of the molecule is CC(C)CCN(C)CC(=O)Nc1ccc(Cl)cc1N. The number of nitrogens with one attached hydrogen (secondary N) is 1. The molecule has 1 aromatic carbocycles. The fourth-order valence-corrected chi connectivity index (χ4v) is 1.82. The van der Waals surface area contributed by atoms with Crippen molar-refractivity contribution < 1.29 is 4.79 Å². The lowest BCUT2D eigenvalue weighted by molar-refractivity contribution is -0.117. The second-order valence-electron chi connectivity index (χ2n) is 5.20. The summed E-state index contributed by atoms with van der Waals surface area (Å²) in [6.07, 6.45) is 1.08. The molecule has 5 heteroatoms. The number of nitrogens with zero attached hydrogens (tertiary/aromatic N) is 1. The van der Waals surface area contributed by atoms with Crippen LogP contribution in [-0.4, -0.2) is 30.9 Å². The molecule has 0 saturated heterocycles. The fourth-order valence-electron chi connectivity index (χ4n) is 1.64. The summed E-state index contributed by atoms with van der Waals surface area (Å²) >= 11 is 5.81. The van der Waals surface area contributed by atoms with Crippen LogP contribution in [0.1, 0.15) is 20.3 Å². The van der Waals surface area contributed by atoms with E-state index in [0.29, 0.717) is 28.9 Å². The van der Waals surface area contributed by atoms with Crippen LogP contribution in [0.3, 0.4) is 0 Å². The molecule has 0 atom stereocenters. The van der Waals surface area contributed by atoms with E-state index in [0.717, 1.165) is 13.0 Å². The molecule has 1 amide bonds. The van der Waals surface area contributed by atoms with Gasteiger partial charge in [-0.1, -0.05) is 25.4 Å². The predicted molar refractivity (Wildman–Crippen MR) is 81.4 cm³/mol. The highest BCUT2D eigenvalue weighted by atomic mass is 35.5. The molecule has 3 N–H and O–H groups in total. The van der Waals surface area contributed by atoms with Crippen LogP contribution in [0.5, 0.6) is 0 Å². The third-order valence-corrected chi connectivity index (χ3v) is 3.02. The fraction of sp³-hybridized carbons (Fsp3) is 0.500. The van der Waals surface area contributed by atoms with Crippen molar-refractivity contribution in [3.8, 4) is 0 Å². The summed E-state index contributed by atoms with van der Waals surface area (Å²) in [4.78, 5) is 13.9. The van der Waals surface area contributed by atoms with Gasteiger partial charge >= 0.3 is 0 Å². The van der Waals surface area contributed by atoms with E-state index >= 15 is 0 Å². The molecule has 0 spiro atoms. The molecule has 0 aliphatic carbocycles. The van der Waals surface area contributed by atoms with Crippen molar-refractivity contribution in [3.05, 3.63) is 23.2 Å². The zero-order valence-electron chi connectivity index (χ0n) is 11.7. The molecule has 0 heterocycles. The Labute approximate surface area is 119 Å². The highest BCUT2D eigenvalue weighted by Crippen LogP contribution is 2.22. The number of rotatable bonds is 6. The second-order valence-corrected chi connectivity index (χ2v) is 5.64. The molecule has 19 heavy (non-hydrogen) atoms. The van der Waals surface area contributed by atoms with E-state index in [1.54, 1.807) is 18.2 Å². The Morgan fingerprint density at radius 1 is 1.47 bits per heavy atom. The predicted octanol–water partition coefficient (Wildman–Crippen LogP) is 2.84. The van der Waals surface area contributed by atoms with Gasteiger partial charge in [0.05, 0.1) is 17.9 Å². The van der Waals surface area contributed by atoms with Gasteiger partial charge in [0.15, 0.2) is 0 Å². The molecular formula is C14H22ClN3O. The molecule has 4 nitrogen and oxygen atoms in total. The lowest BCUT2D eigenvalue weighted by atomic mass is 10.1. The van der Waals surface area contributed by atoms with E-state index in [4.69, 9.17) is 17.3 Å². The number of likely N-dealkylation sites (N-methyl/N-ethyl adjacent to an activating group) is 1. The molecule has 0 fully saturated rings. The number of nitrogens with two attached hydrogens (primary N) is 1. The summed E-state index contributed by atoms with van der Waals surface area (Å²) in [7, 11) is 1.94. The molecule has 1 rings (SSSR count). The van der Waals surface area contributed by atoms with E-state index in [1.165, 1.54) is 0 Å². The number of benzene rings is 1. The molecule has 1 aromatic rings. The molecule has 0 aliphatic heterocycles. The van der Waals surface area contributed by atoms with Crippen LogP contribution < -0.4 is 11.1 Å². The number of anilines is 2. The lowest BCUT2D eigenvalue weighted by Gasteiger charge is -2.17. The van der Waals surface area contributed by atoms with E-state index in [9.17, 15) is 4.79 Å². The topological polar surface area (TPSA) is 58.4 Å². The Balaban J connectivity index is 2.46. The number of nitrogen functional groups attached to an aromatic ring is 1. The molecule has 106 valence electrons. The van der Waals surface area contributed by atoms with Gasteiger partial charge < -0.3 is 11.1 Å². The number of halogens is 1. The average molecular weight is 284 g/mol. The van der Waals surface area contributed by atoms with Gasteiger partial charge in [-0.15, -0.1) is 0 Å². The number of hydrogen-bond donors (Lipinski definition) is 2. The van der Waals surface area contributed by atoms with Gasteiger partial charge in [-0.05, 0) is 44.1 Å². The van der Waals surface area contributed by atoms with Crippen molar-refractivity contribution in [1.29, 1.82) is 0 Å². The third-order valence-electron chi connectivity index (χ3n) is 2.79. The molecular weight excluding hydrogens is 262 g/mol. The van der Waals surface area contributed by atoms with Gasteiger partial charge in [0.1, 0.15) is 0 Å². The van der Waals surface area contributed by atoms with Crippen molar-refractivity contribution in [2.24, 2.45) is 5.92 Å². The summed E-state index contributed by atoms with van der Waals surface area (Å²) in [6, 6.07) is 5.04. The molecule has 0 aliphatic rings. The standard InChI is InChI=1S/C14H22ClN3O/c1-10(2)6-7-18(3)9-14(19)17-13-5-4-11(15)8-12(13)16/h4-5,8,10H,6-7,9,16H2,1-3H3,(H,17,19). The maximum absolute atomic E-state index is 11.9. The number of carbonyl (C=O) groups is 1. The van der Waals surface area contributed by atoms with Gasteiger partial charge in [-0.2, -0.15) is 0 Å². The summed E-state index contributed by atoms with van der Waals surface area (Å²) in [5, 5.41) is 3.35. The minimum Gasteiger partial charge on any atom is -0.397 e. The highest BCUT2D eigenvalue weighted by Gasteiger charge is 2.09.